The maximum Gasteiger partial charge on any atom is 0.255 e. The maximum absolute atomic E-state index is 12.7. The summed E-state index contributed by atoms with van der Waals surface area (Å²) in [6.45, 7) is 2.19. The molecule has 4 rings (SSSR count). The SMILES string of the molecule is Cc1cccc(C(=O)Nc2ccc3c(c2)CN(C2CCC(=O)NC2=O)C3=O)c1. The quantitative estimate of drug-likeness (QED) is 0.800. The highest BCUT2D eigenvalue weighted by Gasteiger charge is 2.39. The van der Waals surface area contributed by atoms with Gasteiger partial charge in [-0.15, -0.1) is 0 Å². The van der Waals surface area contributed by atoms with Gasteiger partial charge in [0.15, 0.2) is 0 Å². The van der Waals surface area contributed by atoms with Crippen LogP contribution in [0.3, 0.4) is 0 Å². The number of hydrogen-bond acceptors (Lipinski definition) is 4. The van der Waals surface area contributed by atoms with Crippen LogP contribution in [0.2, 0.25) is 0 Å². The third-order valence-corrected chi connectivity index (χ3v) is 5.06. The first kappa shape index (κ1) is 17.9. The predicted molar refractivity (Wildman–Crippen MR) is 102 cm³/mol. The summed E-state index contributed by atoms with van der Waals surface area (Å²) >= 11 is 0. The number of amides is 4. The molecule has 142 valence electrons. The second-order valence-corrected chi connectivity index (χ2v) is 7.10. The summed E-state index contributed by atoms with van der Waals surface area (Å²) in [7, 11) is 0. The topological polar surface area (TPSA) is 95.6 Å². The molecule has 0 aromatic heterocycles. The normalized spacial score (nSPS) is 18.7. The van der Waals surface area contributed by atoms with E-state index in [1.165, 1.54) is 4.90 Å². The van der Waals surface area contributed by atoms with Gasteiger partial charge in [-0.3, -0.25) is 24.5 Å². The molecule has 0 saturated carbocycles. The minimum atomic E-state index is -0.650. The van der Waals surface area contributed by atoms with E-state index in [0.29, 0.717) is 23.2 Å². The summed E-state index contributed by atoms with van der Waals surface area (Å²) in [5.41, 5.74) is 3.40. The van der Waals surface area contributed by atoms with E-state index in [1.54, 1.807) is 30.3 Å². The van der Waals surface area contributed by atoms with Crippen LogP contribution in [0.5, 0.6) is 0 Å². The van der Waals surface area contributed by atoms with Crippen molar-refractivity contribution in [2.75, 3.05) is 5.32 Å². The molecule has 2 aliphatic heterocycles. The molecule has 7 heteroatoms. The van der Waals surface area contributed by atoms with Crippen molar-refractivity contribution in [3.63, 3.8) is 0 Å². The number of imide groups is 1. The van der Waals surface area contributed by atoms with Gasteiger partial charge in [0, 0.05) is 29.8 Å². The lowest BCUT2D eigenvalue weighted by atomic mass is 10.0. The van der Waals surface area contributed by atoms with E-state index in [9.17, 15) is 19.2 Å². The Morgan fingerprint density at radius 2 is 1.96 bits per heavy atom. The van der Waals surface area contributed by atoms with Crippen molar-refractivity contribution >= 4 is 29.3 Å². The second-order valence-electron chi connectivity index (χ2n) is 7.10. The summed E-state index contributed by atoms with van der Waals surface area (Å²) in [5.74, 6) is -1.21. The van der Waals surface area contributed by atoms with Crippen LogP contribution in [0.4, 0.5) is 5.69 Å². The average molecular weight is 377 g/mol. The van der Waals surface area contributed by atoms with Gasteiger partial charge in [-0.2, -0.15) is 0 Å². The number of nitrogens with zero attached hydrogens (tertiary/aromatic N) is 1. The highest BCUT2D eigenvalue weighted by atomic mass is 16.2. The van der Waals surface area contributed by atoms with Gasteiger partial charge in [0.25, 0.3) is 11.8 Å². The van der Waals surface area contributed by atoms with Gasteiger partial charge in [0.2, 0.25) is 11.8 Å². The second kappa shape index (κ2) is 6.92. The number of benzene rings is 2. The Balaban J connectivity index is 1.51. The molecule has 1 saturated heterocycles. The van der Waals surface area contributed by atoms with Crippen molar-refractivity contribution in [2.45, 2.75) is 32.4 Å². The Morgan fingerprint density at radius 1 is 1.14 bits per heavy atom. The molecule has 0 spiro atoms. The Hall–Kier alpha value is -3.48. The molecule has 0 bridgehead atoms. The number of carbonyl (C=O) groups excluding carboxylic acids is 4. The van der Waals surface area contributed by atoms with E-state index < -0.39 is 11.9 Å². The van der Waals surface area contributed by atoms with Crippen molar-refractivity contribution in [3.8, 4) is 0 Å². The zero-order valence-corrected chi connectivity index (χ0v) is 15.3. The fourth-order valence-electron chi connectivity index (χ4n) is 3.64. The molecule has 28 heavy (non-hydrogen) atoms. The fraction of sp³-hybridized carbons (Fsp3) is 0.238. The molecule has 0 radical (unpaired) electrons. The third kappa shape index (κ3) is 3.26. The molecular formula is C21H19N3O4. The molecule has 2 N–H and O–H groups in total. The first-order chi connectivity index (χ1) is 13.4. The molecule has 4 amide bonds. The van der Waals surface area contributed by atoms with E-state index in [2.05, 4.69) is 10.6 Å². The van der Waals surface area contributed by atoms with Crippen LogP contribution in [-0.2, 0) is 16.1 Å². The minimum Gasteiger partial charge on any atom is -0.322 e. The number of aryl methyl sites for hydroxylation is 1. The number of anilines is 1. The maximum atomic E-state index is 12.7. The standard InChI is InChI=1S/C21H19N3O4/c1-12-3-2-4-13(9-12)19(26)22-15-5-6-16-14(10-15)11-24(21(16)28)17-7-8-18(25)23-20(17)27/h2-6,9-10,17H,7-8,11H2,1H3,(H,22,26)(H,23,25,27). The van der Waals surface area contributed by atoms with Gasteiger partial charge in [-0.05, 0) is 49.2 Å². The Kier molecular flexibility index (Phi) is 4.43. The first-order valence-corrected chi connectivity index (χ1v) is 9.08. The molecular weight excluding hydrogens is 358 g/mol. The van der Waals surface area contributed by atoms with Crippen LogP contribution in [-0.4, -0.2) is 34.6 Å². The molecule has 7 nitrogen and oxygen atoms in total. The lowest BCUT2D eigenvalue weighted by Crippen LogP contribution is -2.52. The van der Waals surface area contributed by atoms with Crippen molar-refractivity contribution < 1.29 is 19.2 Å². The lowest BCUT2D eigenvalue weighted by Gasteiger charge is -2.29. The number of rotatable bonds is 3. The van der Waals surface area contributed by atoms with Gasteiger partial charge < -0.3 is 10.2 Å². The van der Waals surface area contributed by atoms with Gasteiger partial charge >= 0.3 is 0 Å². The summed E-state index contributed by atoms with van der Waals surface area (Å²) in [5, 5.41) is 5.13. The largest absolute Gasteiger partial charge is 0.322 e. The minimum absolute atomic E-state index is 0.217. The Bertz CT molecular complexity index is 1010. The highest BCUT2D eigenvalue weighted by molar-refractivity contribution is 6.07. The molecule has 1 atom stereocenters. The van der Waals surface area contributed by atoms with Gasteiger partial charge in [-0.25, -0.2) is 0 Å². The monoisotopic (exact) mass is 377 g/mol. The number of nitrogens with one attached hydrogen (secondary N) is 2. The first-order valence-electron chi connectivity index (χ1n) is 9.08. The number of hydrogen-bond donors (Lipinski definition) is 2. The van der Waals surface area contributed by atoms with E-state index in [4.69, 9.17) is 0 Å². The number of piperidine rings is 1. The van der Waals surface area contributed by atoms with Gasteiger partial charge in [0.1, 0.15) is 6.04 Å². The molecule has 2 aliphatic rings. The number of carbonyl (C=O) groups is 4. The predicted octanol–water partition coefficient (Wildman–Crippen LogP) is 2.01. The molecule has 2 aromatic rings. The average Bonchev–Trinajstić information content (AvgIpc) is 2.97. The summed E-state index contributed by atoms with van der Waals surface area (Å²) < 4.78 is 0. The Morgan fingerprint density at radius 3 is 2.71 bits per heavy atom. The van der Waals surface area contributed by atoms with Crippen LogP contribution in [0.1, 0.15) is 44.7 Å². The molecule has 1 unspecified atom stereocenters. The van der Waals surface area contributed by atoms with Gasteiger partial charge in [-0.1, -0.05) is 17.7 Å². The van der Waals surface area contributed by atoms with Gasteiger partial charge in [0.05, 0.1) is 0 Å². The van der Waals surface area contributed by atoms with Crippen LogP contribution >= 0.6 is 0 Å². The highest BCUT2D eigenvalue weighted by Crippen LogP contribution is 2.29. The van der Waals surface area contributed by atoms with Crippen molar-refractivity contribution in [1.29, 1.82) is 0 Å². The van der Waals surface area contributed by atoms with Crippen LogP contribution in [0.25, 0.3) is 0 Å². The molecule has 0 aliphatic carbocycles. The lowest BCUT2D eigenvalue weighted by molar-refractivity contribution is -0.136. The summed E-state index contributed by atoms with van der Waals surface area (Å²) in [6, 6.07) is 11.7. The van der Waals surface area contributed by atoms with Crippen LogP contribution in [0.15, 0.2) is 42.5 Å². The summed E-state index contributed by atoms with van der Waals surface area (Å²) in [6.07, 6.45) is 0.537. The van der Waals surface area contributed by atoms with E-state index >= 15 is 0 Å². The van der Waals surface area contributed by atoms with E-state index in [-0.39, 0.29) is 30.7 Å². The van der Waals surface area contributed by atoms with Crippen molar-refractivity contribution in [1.82, 2.24) is 10.2 Å². The zero-order chi connectivity index (χ0) is 19.8. The third-order valence-electron chi connectivity index (χ3n) is 5.06. The fourth-order valence-corrected chi connectivity index (χ4v) is 3.64. The molecule has 1 fully saturated rings. The number of fused-ring (bicyclic) bond motifs is 1. The zero-order valence-electron chi connectivity index (χ0n) is 15.3. The van der Waals surface area contributed by atoms with Crippen molar-refractivity contribution in [2.24, 2.45) is 0 Å². The molecule has 2 aromatic carbocycles. The Labute approximate surface area is 161 Å². The molecule has 2 heterocycles. The smallest absolute Gasteiger partial charge is 0.255 e. The van der Waals surface area contributed by atoms with Crippen LogP contribution < -0.4 is 10.6 Å². The summed E-state index contributed by atoms with van der Waals surface area (Å²) in [4.78, 5) is 50.1. The van der Waals surface area contributed by atoms with Crippen LogP contribution in [0, 0.1) is 6.92 Å². The van der Waals surface area contributed by atoms with E-state index in [1.807, 2.05) is 19.1 Å². The van der Waals surface area contributed by atoms with E-state index in [0.717, 1.165) is 11.1 Å². The van der Waals surface area contributed by atoms with Crippen molar-refractivity contribution in [3.05, 3.63) is 64.7 Å².